The van der Waals surface area contributed by atoms with Gasteiger partial charge in [0.1, 0.15) is 0 Å². The van der Waals surface area contributed by atoms with Crippen LogP contribution in [0.4, 0.5) is 0 Å². The summed E-state index contributed by atoms with van der Waals surface area (Å²) >= 11 is 0. The zero-order valence-corrected chi connectivity index (χ0v) is 11.0. The van der Waals surface area contributed by atoms with Gasteiger partial charge in [0.2, 0.25) is 0 Å². The highest BCUT2D eigenvalue weighted by Gasteiger charge is 1.98. The number of nitrogens with one attached hydrogen (secondary N) is 1. The van der Waals surface area contributed by atoms with Crippen LogP contribution in [-0.2, 0) is 0 Å². The summed E-state index contributed by atoms with van der Waals surface area (Å²) in [5, 5.41) is 3.44. The van der Waals surface area contributed by atoms with Crippen molar-refractivity contribution in [1.29, 1.82) is 0 Å². The molecule has 1 nitrogen and oxygen atoms in total. The molecule has 0 aliphatic heterocycles. The van der Waals surface area contributed by atoms with E-state index in [1.54, 1.807) is 0 Å². The van der Waals surface area contributed by atoms with Gasteiger partial charge in [-0.3, -0.25) is 0 Å². The van der Waals surface area contributed by atoms with E-state index >= 15 is 0 Å². The van der Waals surface area contributed by atoms with Crippen LogP contribution in [-0.4, -0.2) is 12.6 Å². The maximum Gasteiger partial charge on any atom is 0.0582 e. The van der Waals surface area contributed by atoms with E-state index in [1.165, 1.54) is 25.7 Å². The van der Waals surface area contributed by atoms with Crippen molar-refractivity contribution in [3.8, 4) is 11.8 Å². The van der Waals surface area contributed by atoms with Gasteiger partial charge >= 0.3 is 0 Å². The van der Waals surface area contributed by atoms with E-state index < -0.39 is 0 Å². The second-order valence-corrected chi connectivity index (χ2v) is 4.45. The van der Waals surface area contributed by atoms with Crippen molar-refractivity contribution in [3.63, 3.8) is 0 Å². The molecule has 0 spiro atoms. The van der Waals surface area contributed by atoms with Crippen LogP contribution in [0.5, 0.6) is 0 Å². The van der Waals surface area contributed by atoms with Gasteiger partial charge < -0.3 is 5.32 Å². The minimum absolute atomic E-state index is 0.576. The van der Waals surface area contributed by atoms with Crippen LogP contribution >= 0.6 is 0 Å². The SMILES string of the molecule is CCCCCC(C)NCC#Cc1ccccc1. The molecule has 1 N–H and O–H groups in total. The summed E-state index contributed by atoms with van der Waals surface area (Å²) in [4.78, 5) is 0. The van der Waals surface area contributed by atoms with Gasteiger partial charge in [-0.05, 0) is 25.5 Å². The summed E-state index contributed by atoms with van der Waals surface area (Å²) in [6, 6.07) is 10.7. The van der Waals surface area contributed by atoms with Crippen molar-refractivity contribution in [2.24, 2.45) is 0 Å². The van der Waals surface area contributed by atoms with Gasteiger partial charge in [0.05, 0.1) is 6.54 Å². The third-order valence-corrected chi connectivity index (χ3v) is 2.79. The maximum absolute atomic E-state index is 3.44. The minimum Gasteiger partial charge on any atom is -0.304 e. The molecule has 0 aliphatic rings. The van der Waals surface area contributed by atoms with Crippen LogP contribution in [0.25, 0.3) is 0 Å². The molecule has 1 rings (SSSR count). The molecular weight excluding hydrogens is 206 g/mol. The zero-order valence-electron chi connectivity index (χ0n) is 11.0. The smallest absolute Gasteiger partial charge is 0.0582 e. The lowest BCUT2D eigenvalue weighted by atomic mass is 10.1. The normalized spacial score (nSPS) is 11.6. The molecule has 92 valence electrons. The Hall–Kier alpha value is -1.26. The molecular formula is C16H23N. The second-order valence-electron chi connectivity index (χ2n) is 4.45. The molecule has 1 unspecified atom stereocenters. The number of rotatable bonds is 6. The fraction of sp³-hybridized carbons (Fsp3) is 0.500. The second kappa shape index (κ2) is 8.84. The Labute approximate surface area is 106 Å². The standard InChI is InChI=1S/C16H23N/c1-3-4-6-10-15(2)17-14-9-13-16-11-7-5-8-12-16/h5,7-8,11-12,15,17H,3-4,6,10,14H2,1-2H3. The van der Waals surface area contributed by atoms with E-state index in [0.29, 0.717) is 6.04 Å². The average Bonchev–Trinajstić information content (AvgIpc) is 2.36. The van der Waals surface area contributed by atoms with Crippen molar-refractivity contribution >= 4 is 0 Å². The van der Waals surface area contributed by atoms with E-state index in [2.05, 4.69) is 31.0 Å². The summed E-state index contributed by atoms with van der Waals surface area (Å²) in [7, 11) is 0. The molecule has 1 atom stereocenters. The molecule has 0 radical (unpaired) electrons. The van der Waals surface area contributed by atoms with E-state index in [-0.39, 0.29) is 0 Å². The molecule has 0 amide bonds. The quantitative estimate of drug-likeness (QED) is 0.580. The Morgan fingerprint density at radius 3 is 2.65 bits per heavy atom. The third kappa shape index (κ3) is 6.81. The van der Waals surface area contributed by atoms with Crippen molar-refractivity contribution in [1.82, 2.24) is 5.32 Å². The number of benzene rings is 1. The first-order valence-electron chi connectivity index (χ1n) is 6.60. The molecule has 0 fully saturated rings. The minimum atomic E-state index is 0.576. The molecule has 0 saturated carbocycles. The molecule has 0 aromatic heterocycles. The predicted molar refractivity (Wildman–Crippen MR) is 74.9 cm³/mol. The van der Waals surface area contributed by atoms with Crippen LogP contribution in [0.1, 0.15) is 45.1 Å². The van der Waals surface area contributed by atoms with Gasteiger partial charge in [0.25, 0.3) is 0 Å². The summed E-state index contributed by atoms with van der Waals surface area (Å²) in [5.41, 5.74) is 1.09. The van der Waals surface area contributed by atoms with Crippen molar-refractivity contribution in [3.05, 3.63) is 35.9 Å². The molecule has 1 aromatic rings. The van der Waals surface area contributed by atoms with E-state index in [4.69, 9.17) is 0 Å². The highest BCUT2D eigenvalue weighted by molar-refractivity contribution is 5.33. The fourth-order valence-corrected chi connectivity index (χ4v) is 1.70. The predicted octanol–water partition coefficient (Wildman–Crippen LogP) is 3.60. The van der Waals surface area contributed by atoms with Gasteiger partial charge in [0.15, 0.2) is 0 Å². The van der Waals surface area contributed by atoms with Gasteiger partial charge in [-0.25, -0.2) is 0 Å². The molecule has 0 heterocycles. The first kappa shape index (κ1) is 13.8. The first-order valence-corrected chi connectivity index (χ1v) is 6.60. The molecule has 0 bridgehead atoms. The maximum atomic E-state index is 3.44. The summed E-state index contributed by atoms with van der Waals surface area (Å²) in [6.45, 7) is 5.26. The largest absolute Gasteiger partial charge is 0.304 e. The summed E-state index contributed by atoms with van der Waals surface area (Å²) in [6.07, 6.45) is 5.19. The van der Waals surface area contributed by atoms with E-state index in [9.17, 15) is 0 Å². The average molecular weight is 229 g/mol. The highest BCUT2D eigenvalue weighted by atomic mass is 14.9. The number of hydrogen-bond acceptors (Lipinski definition) is 1. The Bertz CT molecular complexity index is 345. The summed E-state index contributed by atoms with van der Waals surface area (Å²) in [5.74, 6) is 6.32. The van der Waals surface area contributed by atoms with Crippen molar-refractivity contribution < 1.29 is 0 Å². The van der Waals surface area contributed by atoms with Crippen molar-refractivity contribution in [2.75, 3.05) is 6.54 Å². The van der Waals surface area contributed by atoms with Gasteiger partial charge in [-0.1, -0.05) is 56.2 Å². The lowest BCUT2D eigenvalue weighted by Crippen LogP contribution is -2.26. The molecule has 1 aromatic carbocycles. The van der Waals surface area contributed by atoms with Gasteiger partial charge in [0, 0.05) is 11.6 Å². The van der Waals surface area contributed by atoms with Crippen LogP contribution in [0.15, 0.2) is 30.3 Å². The number of hydrogen-bond donors (Lipinski definition) is 1. The lowest BCUT2D eigenvalue weighted by Gasteiger charge is -2.10. The Balaban J connectivity index is 2.17. The first-order chi connectivity index (χ1) is 8.33. The van der Waals surface area contributed by atoms with E-state index in [0.717, 1.165) is 12.1 Å². The Kier molecular flexibility index (Phi) is 7.18. The molecule has 0 saturated heterocycles. The van der Waals surface area contributed by atoms with Gasteiger partial charge in [-0.15, -0.1) is 0 Å². The van der Waals surface area contributed by atoms with Crippen LogP contribution in [0.3, 0.4) is 0 Å². The van der Waals surface area contributed by atoms with Crippen molar-refractivity contribution in [2.45, 2.75) is 45.6 Å². The summed E-state index contributed by atoms with van der Waals surface area (Å²) < 4.78 is 0. The molecule has 0 aliphatic carbocycles. The number of unbranched alkanes of at least 4 members (excludes halogenated alkanes) is 2. The topological polar surface area (TPSA) is 12.0 Å². The lowest BCUT2D eigenvalue weighted by molar-refractivity contribution is 0.512. The van der Waals surface area contributed by atoms with E-state index in [1.807, 2.05) is 30.3 Å². The van der Waals surface area contributed by atoms with Crippen LogP contribution in [0, 0.1) is 11.8 Å². The molecule has 1 heteroatoms. The van der Waals surface area contributed by atoms with Crippen LogP contribution < -0.4 is 5.32 Å². The molecule has 17 heavy (non-hydrogen) atoms. The monoisotopic (exact) mass is 229 g/mol. The van der Waals surface area contributed by atoms with Crippen LogP contribution in [0.2, 0.25) is 0 Å². The Morgan fingerprint density at radius 1 is 1.18 bits per heavy atom. The van der Waals surface area contributed by atoms with Gasteiger partial charge in [-0.2, -0.15) is 0 Å². The third-order valence-electron chi connectivity index (χ3n) is 2.79. The zero-order chi connectivity index (χ0) is 12.3. The Morgan fingerprint density at radius 2 is 1.94 bits per heavy atom. The fourth-order valence-electron chi connectivity index (χ4n) is 1.70. The highest BCUT2D eigenvalue weighted by Crippen LogP contribution is 2.02.